The Kier molecular flexibility index (Phi) is 41.1. The van der Waals surface area contributed by atoms with E-state index in [2.05, 4.69) is 13.8 Å². The standard InChI is InChI=1S/C50H92O6/c1-3-5-7-9-11-13-21-26-30-34-38-42-46(51)45(49(50(55)56)47(52)43-39-35-31-27-22-14-12-10-8-6-4-2)41-37-33-29-25-23-19-17-15-16-18-20-24-28-32-36-40-44-48(53)54/h3-44H2,1-2H3,(H,53,54)(H,55,56). The molecule has 6 nitrogen and oxygen atoms in total. The summed E-state index contributed by atoms with van der Waals surface area (Å²) in [6.45, 7) is 4.49. The molecule has 56 heavy (non-hydrogen) atoms. The van der Waals surface area contributed by atoms with E-state index in [1.807, 2.05) is 0 Å². The highest BCUT2D eigenvalue weighted by Crippen LogP contribution is 2.23. The molecular formula is C50H92O6. The van der Waals surface area contributed by atoms with Crippen molar-refractivity contribution in [2.24, 2.45) is 0 Å². The van der Waals surface area contributed by atoms with E-state index in [0.717, 1.165) is 77.0 Å². The molecule has 0 aromatic rings. The second-order valence-corrected chi connectivity index (χ2v) is 17.1. The maximum atomic E-state index is 13.5. The van der Waals surface area contributed by atoms with Crippen LogP contribution in [0, 0.1) is 0 Å². The molecule has 0 spiro atoms. The molecule has 0 rings (SSSR count). The number of rotatable bonds is 46. The van der Waals surface area contributed by atoms with Gasteiger partial charge in [-0.2, -0.15) is 0 Å². The highest BCUT2D eigenvalue weighted by atomic mass is 16.4. The minimum atomic E-state index is -1.21. The zero-order valence-corrected chi connectivity index (χ0v) is 37.2. The van der Waals surface area contributed by atoms with Crippen LogP contribution in [0.1, 0.15) is 284 Å². The van der Waals surface area contributed by atoms with Crippen molar-refractivity contribution < 1.29 is 29.4 Å². The van der Waals surface area contributed by atoms with Crippen molar-refractivity contribution in [1.29, 1.82) is 0 Å². The average Bonchev–Trinajstić information content (AvgIpc) is 3.17. The number of aliphatic carboxylic acids is 2. The Morgan fingerprint density at radius 2 is 0.518 bits per heavy atom. The number of carboxylic acid groups (broad SMARTS) is 2. The van der Waals surface area contributed by atoms with Gasteiger partial charge in [0.1, 0.15) is 5.57 Å². The molecule has 0 aliphatic carbocycles. The highest BCUT2D eigenvalue weighted by molar-refractivity contribution is 6.21. The first-order valence-corrected chi connectivity index (χ1v) is 24.6. The van der Waals surface area contributed by atoms with Crippen LogP contribution in [0.5, 0.6) is 0 Å². The molecule has 2 N–H and O–H groups in total. The predicted octanol–water partition coefficient (Wildman–Crippen LogP) is 16.0. The van der Waals surface area contributed by atoms with E-state index in [0.29, 0.717) is 31.3 Å². The van der Waals surface area contributed by atoms with Crippen molar-refractivity contribution in [3.05, 3.63) is 11.1 Å². The van der Waals surface area contributed by atoms with Gasteiger partial charge < -0.3 is 10.2 Å². The number of hydrogen-bond acceptors (Lipinski definition) is 4. The Bertz CT molecular complexity index is 969. The summed E-state index contributed by atoms with van der Waals surface area (Å²) in [6, 6.07) is 0. The van der Waals surface area contributed by atoms with Crippen molar-refractivity contribution in [3.8, 4) is 0 Å². The lowest BCUT2D eigenvalue weighted by atomic mass is 9.90. The van der Waals surface area contributed by atoms with Crippen molar-refractivity contribution in [3.63, 3.8) is 0 Å². The van der Waals surface area contributed by atoms with Gasteiger partial charge in [-0.1, -0.05) is 232 Å². The van der Waals surface area contributed by atoms with Gasteiger partial charge in [0.15, 0.2) is 11.6 Å². The molecular weight excluding hydrogens is 697 g/mol. The van der Waals surface area contributed by atoms with Gasteiger partial charge in [0.05, 0.1) is 0 Å². The van der Waals surface area contributed by atoms with Gasteiger partial charge in [0, 0.05) is 24.8 Å². The zero-order valence-electron chi connectivity index (χ0n) is 37.2. The van der Waals surface area contributed by atoms with Gasteiger partial charge in [-0.05, 0) is 32.1 Å². The second-order valence-electron chi connectivity index (χ2n) is 17.1. The molecule has 0 saturated heterocycles. The Balaban J connectivity index is 4.63. The molecule has 0 fully saturated rings. The molecule has 0 aromatic heterocycles. The molecule has 328 valence electrons. The Morgan fingerprint density at radius 3 is 0.786 bits per heavy atom. The molecule has 6 heteroatoms. The van der Waals surface area contributed by atoms with Gasteiger partial charge in [-0.25, -0.2) is 4.79 Å². The van der Waals surface area contributed by atoms with Gasteiger partial charge in [0.2, 0.25) is 0 Å². The first kappa shape index (κ1) is 54.0. The van der Waals surface area contributed by atoms with Gasteiger partial charge in [-0.15, -0.1) is 0 Å². The summed E-state index contributed by atoms with van der Waals surface area (Å²) in [7, 11) is 0. The Labute approximate surface area is 346 Å². The average molecular weight is 789 g/mol. The fourth-order valence-electron chi connectivity index (χ4n) is 8.05. The molecule has 0 saturated carbocycles. The summed E-state index contributed by atoms with van der Waals surface area (Å²) < 4.78 is 0. The number of Topliss-reactive ketones (excluding diaryl/α,β-unsaturated/α-hetero) is 2. The van der Waals surface area contributed by atoms with Crippen LogP contribution in [0.25, 0.3) is 0 Å². The third-order valence-corrected chi connectivity index (χ3v) is 11.7. The summed E-state index contributed by atoms with van der Waals surface area (Å²) in [5.74, 6) is -2.35. The summed E-state index contributed by atoms with van der Waals surface area (Å²) in [6.07, 6.45) is 45.9. The van der Waals surface area contributed by atoms with Crippen LogP contribution in [0.15, 0.2) is 11.1 Å². The highest BCUT2D eigenvalue weighted by Gasteiger charge is 2.25. The lowest BCUT2D eigenvalue weighted by Crippen LogP contribution is -2.19. The number of ketones is 2. The molecule has 0 unspecified atom stereocenters. The van der Waals surface area contributed by atoms with E-state index in [4.69, 9.17) is 5.11 Å². The number of carbonyl (C=O) groups excluding carboxylic acids is 2. The number of unbranched alkanes of at least 4 members (excludes halogenated alkanes) is 35. The number of carboxylic acids is 2. The summed E-state index contributed by atoms with van der Waals surface area (Å²) >= 11 is 0. The maximum Gasteiger partial charge on any atom is 0.339 e. The second kappa shape index (κ2) is 42.6. The van der Waals surface area contributed by atoms with Crippen LogP contribution in [-0.2, 0) is 19.2 Å². The maximum absolute atomic E-state index is 13.5. The van der Waals surface area contributed by atoms with Crippen LogP contribution in [0.4, 0.5) is 0 Å². The van der Waals surface area contributed by atoms with E-state index in [9.17, 15) is 24.3 Å². The molecule has 0 aromatic carbocycles. The lowest BCUT2D eigenvalue weighted by Gasteiger charge is -2.12. The van der Waals surface area contributed by atoms with Gasteiger partial charge in [-0.3, -0.25) is 14.4 Å². The molecule has 0 amide bonds. The number of allylic oxidation sites excluding steroid dienone is 1. The van der Waals surface area contributed by atoms with Gasteiger partial charge in [0.25, 0.3) is 0 Å². The van der Waals surface area contributed by atoms with Crippen molar-refractivity contribution >= 4 is 23.5 Å². The van der Waals surface area contributed by atoms with Crippen LogP contribution in [0.3, 0.4) is 0 Å². The summed E-state index contributed by atoms with van der Waals surface area (Å²) in [5.41, 5.74) is 0.0942. The van der Waals surface area contributed by atoms with Crippen LogP contribution >= 0.6 is 0 Å². The largest absolute Gasteiger partial charge is 0.481 e. The first-order valence-electron chi connectivity index (χ1n) is 24.6. The van der Waals surface area contributed by atoms with Crippen LogP contribution in [0.2, 0.25) is 0 Å². The molecule has 0 radical (unpaired) electrons. The monoisotopic (exact) mass is 789 g/mol. The van der Waals surface area contributed by atoms with Crippen molar-refractivity contribution in [2.45, 2.75) is 284 Å². The van der Waals surface area contributed by atoms with Crippen LogP contribution < -0.4 is 0 Å². The smallest absolute Gasteiger partial charge is 0.339 e. The minimum Gasteiger partial charge on any atom is -0.481 e. The predicted molar refractivity (Wildman–Crippen MR) is 238 cm³/mol. The normalized spacial score (nSPS) is 11.9. The van der Waals surface area contributed by atoms with Gasteiger partial charge >= 0.3 is 11.9 Å². The number of hydrogen-bond donors (Lipinski definition) is 2. The zero-order chi connectivity index (χ0) is 41.2. The SMILES string of the molecule is CCCCCCCCCCCCCC(=O)C(CCCCCCCCCCCCCCCCCCC(=O)O)=C(C(=O)O)C(=O)CCCCCCCCCCCCC. The topological polar surface area (TPSA) is 109 Å². The molecule has 0 aliphatic rings. The summed E-state index contributed by atoms with van der Waals surface area (Å²) in [5, 5.41) is 18.9. The van der Waals surface area contributed by atoms with Crippen molar-refractivity contribution in [1.82, 2.24) is 0 Å². The van der Waals surface area contributed by atoms with E-state index in [1.165, 1.54) is 161 Å². The molecule has 0 atom stereocenters. The molecule has 0 heterocycles. The Hall–Kier alpha value is -1.98. The van der Waals surface area contributed by atoms with Crippen LogP contribution in [-0.4, -0.2) is 33.7 Å². The number of carbonyl (C=O) groups is 4. The third kappa shape index (κ3) is 36.4. The lowest BCUT2D eigenvalue weighted by molar-refractivity contribution is -0.137. The minimum absolute atomic E-state index is 0.110. The van der Waals surface area contributed by atoms with E-state index in [-0.39, 0.29) is 23.6 Å². The third-order valence-electron chi connectivity index (χ3n) is 11.7. The summed E-state index contributed by atoms with van der Waals surface area (Å²) in [4.78, 5) is 50.0. The van der Waals surface area contributed by atoms with E-state index in [1.54, 1.807) is 0 Å². The van der Waals surface area contributed by atoms with Crippen molar-refractivity contribution in [2.75, 3.05) is 0 Å². The molecule has 0 bridgehead atoms. The van der Waals surface area contributed by atoms with E-state index >= 15 is 0 Å². The molecule has 0 aliphatic heterocycles. The Morgan fingerprint density at radius 1 is 0.286 bits per heavy atom. The fraction of sp³-hybridized carbons (Fsp3) is 0.880. The quantitative estimate of drug-likeness (QED) is 0.0275. The fourth-order valence-corrected chi connectivity index (χ4v) is 8.05. The first-order chi connectivity index (χ1) is 27.3. The van der Waals surface area contributed by atoms with E-state index < -0.39 is 11.9 Å².